The van der Waals surface area contributed by atoms with Gasteiger partial charge in [0.15, 0.2) is 5.78 Å². The van der Waals surface area contributed by atoms with E-state index in [-0.39, 0.29) is 5.78 Å². The summed E-state index contributed by atoms with van der Waals surface area (Å²) in [5.41, 5.74) is 3.18. The summed E-state index contributed by atoms with van der Waals surface area (Å²) < 4.78 is 5.66. The summed E-state index contributed by atoms with van der Waals surface area (Å²) in [4.78, 5) is 14.7. The summed E-state index contributed by atoms with van der Waals surface area (Å²) in [6, 6.07) is 6.10. The lowest BCUT2D eigenvalue weighted by atomic mass is 10.0. The molecular formula is C18H27NO2. The van der Waals surface area contributed by atoms with E-state index in [9.17, 15) is 4.79 Å². The van der Waals surface area contributed by atoms with Crippen LogP contribution in [-0.2, 0) is 4.74 Å². The van der Waals surface area contributed by atoms with Gasteiger partial charge in [-0.3, -0.25) is 4.79 Å². The molecule has 1 aromatic carbocycles. The molecule has 0 atom stereocenters. The van der Waals surface area contributed by atoms with Crippen LogP contribution in [0.25, 0.3) is 0 Å². The second kappa shape index (κ2) is 7.71. The number of ketones is 1. The zero-order valence-corrected chi connectivity index (χ0v) is 13.5. The van der Waals surface area contributed by atoms with E-state index in [1.165, 1.54) is 0 Å². The molecule has 1 aliphatic rings. The van der Waals surface area contributed by atoms with Crippen molar-refractivity contribution in [1.82, 2.24) is 4.90 Å². The summed E-state index contributed by atoms with van der Waals surface area (Å²) in [6.07, 6.45) is 3.21. The number of ether oxygens (including phenoxy) is 1. The zero-order valence-electron chi connectivity index (χ0n) is 13.5. The first-order chi connectivity index (χ1) is 10.1. The number of hydrogen-bond donors (Lipinski definition) is 0. The molecule has 0 spiro atoms. The zero-order chi connectivity index (χ0) is 15.2. The Morgan fingerprint density at radius 2 is 1.81 bits per heavy atom. The number of nitrogens with zero attached hydrogens (tertiary/aromatic N) is 1. The van der Waals surface area contributed by atoms with E-state index in [4.69, 9.17) is 4.74 Å². The Balaban J connectivity index is 1.79. The molecule has 0 radical (unpaired) electrons. The van der Waals surface area contributed by atoms with Crippen LogP contribution in [0.15, 0.2) is 18.2 Å². The average molecular weight is 289 g/mol. The highest BCUT2D eigenvalue weighted by Crippen LogP contribution is 2.15. The molecule has 0 saturated carbocycles. The third kappa shape index (κ3) is 4.94. The van der Waals surface area contributed by atoms with Crippen LogP contribution >= 0.6 is 0 Å². The molecule has 1 heterocycles. The molecule has 0 aromatic heterocycles. The molecule has 1 fully saturated rings. The molecule has 3 heteroatoms. The number of carbonyl (C=O) groups is 1. The van der Waals surface area contributed by atoms with Crippen molar-refractivity contribution in [3.63, 3.8) is 0 Å². The number of carbonyl (C=O) groups excluding carboxylic acids is 1. The number of likely N-dealkylation sites (tertiary alicyclic amines) is 1. The quantitative estimate of drug-likeness (QED) is 0.752. The van der Waals surface area contributed by atoms with Crippen molar-refractivity contribution in [3.8, 4) is 0 Å². The Hall–Kier alpha value is -1.19. The Kier molecular flexibility index (Phi) is 5.95. The van der Waals surface area contributed by atoms with Crippen LogP contribution in [0.3, 0.4) is 0 Å². The molecule has 1 saturated heterocycles. The summed E-state index contributed by atoms with van der Waals surface area (Å²) in [6.45, 7) is 9.90. The minimum absolute atomic E-state index is 0.258. The molecule has 0 N–H and O–H groups in total. The van der Waals surface area contributed by atoms with Gasteiger partial charge in [0.25, 0.3) is 0 Å². The number of rotatable bonds is 6. The lowest BCUT2D eigenvalue weighted by Crippen LogP contribution is -2.38. The molecule has 1 aliphatic heterocycles. The second-order valence-corrected chi connectivity index (χ2v) is 6.05. The molecule has 3 nitrogen and oxygen atoms in total. The van der Waals surface area contributed by atoms with Crippen LogP contribution in [-0.4, -0.2) is 43.0 Å². The topological polar surface area (TPSA) is 29.5 Å². The van der Waals surface area contributed by atoms with Gasteiger partial charge in [0.05, 0.1) is 6.10 Å². The third-order valence-electron chi connectivity index (χ3n) is 4.14. The number of hydrogen-bond acceptors (Lipinski definition) is 3. The number of aryl methyl sites for hydroxylation is 2. The fraction of sp³-hybridized carbons (Fsp3) is 0.611. The number of benzene rings is 1. The van der Waals surface area contributed by atoms with Gasteiger partial charge >= 0.3 is 0 Å². The molecular weight excluding hydrogens is 262 g/mol. The van der Waals surface area contributed by atoms with Gasteiger partial charge in [-0.25, -0.2) is 0 Å². The largest absolute Gasteiger partial charge is 0.378 e. The maximum Gasteiger partial charge on any atom is 0.164 e. The fourth-order valence-electron chi connectivity index (χ4n) is 3.07. The monoisotopic (exact) mass is 289 g/mol. The van der Waals surface area contributed by atoms with Gasteiger partial charge in [0.1, 0.15) is 0 Å². The molecule has 1 aromatic rings. The van der Waals surface area contributed by atoms with Gasteiger partial charge < -0.3 is 9.64 Å². The first-order valence-electron chi connectivity index (χ1n) is 8.04. The Bertz CT molecular complexity index is 456. The first-order valence-corrected chi connectivity index (χ1v) is 8.04. The summed E-state index contributed by atoms with van der Waals surface area (Å²) >= 11 is 0. The highest BCUT2D eigenvalue weighted by atomic mass is 16.5. The van der Waals surface area contributed by atoms with E-state index in [1.54, 1.807) is 0 Å². The molecule has 0 aliphatic carbocycles. The second-order valence-electron chi connectivity index (χ2n) is 6.05. The Morgan fingerprint density at radius 1 is 1.19 bits per heavy atom. The van der Waals surface area contributed by atoms with Crippen LogP contribution in [0.2, 0.25) is 0 Å². The molecule has 2 rings (SSSR count). The minimum Gasteiger partial charge on any atom is -0.378 e. The Labute approximate surface area is 128 Å². The van der Waals surface area contributed by atoms with Gasteiger partial charge in [-0.1, -0.05) is 17.2 Å². The molecule has 0 amide bonds. The van der Waals surface area contributed by atoms with E-state index in [1.807, 2.05) is 26.0 Å². The molecule has 116 valence electrons. The van der Waals surface area contributed by atoms with Crippen molar-refractivity contribution in [2.45, 2.75) is 46.1 Å². The number of piperidine rings is 1. The predicted molar refractivity (Wildman–Crippen MR) is 86.0 cm³/mol. The predicted octanol–water partition coefficient (Wildman–Crippen LogP) is 3.38. The smallest absolute Gasteiger partial charge is 0.164 e. The summed E-state index contributed by atoms with van der Waals surface area (Å²) in [7, 11) is 0. The lowest BCUT2D eigenvalue weighted by molar-refractivity contribution is 0.0143. The van der Waals surface area contributed by atoms with Crippen LogP contribution in [0.5, 0.6) is 0 Å². The van der Waals surface area contributed by atoms with Crippen LogP contribution in [0.1, 0.15) is 47.7 Å². The standard InChI is InChI=1S/C18H27NO2/c1-4-21-17-5-8-19(9-6-17)10-7-18(20)16-12-14(2)11-15(3)13-16/h11-13,17H,4-10H2,1-3H3. The highest BCUT2D eigenvalue weighted by molar-refractivity contribution is 5.96. The lowest BCUT2D eigenvalue weighted by Gasteiger charge is -2.31. The van der Waals surface area contributed by atoms with Gasteiger partial charge in [0, 0.05) is 38.2 Å². The van der Waals surface area contributed by atoms with E-state index in [0.29, 0.717) is 12.5 Å². The van der Waals surface area contributed by atoms with Crippen molar-refractivity contribution in [2.24, 2.45) is 0 Å². The van der Waals surface area contributed by atoms with Crippen molar-refractivity contribution < 1.29 is 9.53 Å². The summed E-state index contributed by atoms with van der Waals surface area (Å²) in [5.74, 6) is 0.258. The van der Waals surface area contributed by atoms with Crippen LogP contribution < -0.4 is 0 Å². The number of Topliss-reactive ketones (excluding diaryl/α,β-unsaturated/α-hetero) is 1. The van der Waals surface area contributed by atoms with Crippen LogP contribution in [0.4, 0.5) is 0 Å². The Morgan fingerprint density at radius 3 is 2.38 bits per heavy atom. The van der Waals surface area contributed by atoms with Gasteiger partial charge in [0.2, 0.25) is 0 Å². The van der Waals surface area contributed by atoms with Crippen LogP contribution in [0, 0.1) is 13.8 Å². The van der Waals surface area contributed by atoms with Crippen molar-refractivity contribution in [3.05, 3.63) is 34.9 Å². The SMILES string of the molecule is CCOC1CCN(CCC(=O)c2cc(C)cc(C)c2)CC1. The van der Waals surface area contributed by atoms with E-state index < -0.39 is 0 Å². The van der Waals surface area contributed by atoms with Gasteiger partial charge in [-0.2, -0.15) is 0 Å². The van der Waals surface area contributed by atoms with E-state index in [0.717, 1.165) is 55.8 Å². The van der Waals surface area contributed by atoms with Gasteiger partial charge in [-0.15, -0.1) is 0 Å². The maximum atomic E-state index is 12.3. The van der Waals surface area contributed by atoms with E-state index in [2.05, 4.69) is 17.9 Å². The van der Waals surface area contributed by atoms with Crippen molar-refractivity contribution in [2.75, 3.05) is 26.2 Å². The minimum atomic E-state index is 0.258. The molecule has 0 bridgehead atoms. The normalized spacial score (nSPS) is 17.1. The third-order valence-corrected chi connectivity index (χ3v) is 4.14. The molecule has 21 heavy (non-hydrogen) atoms. The van der Waals surface area contributed by atoms with Crippen molar-refractivity contribution in [1.29, 1.82) is 0 Å². The maximum absolute atomic E-state index is 12.3. The summed E-state index contributed by atoms with van der Waals surface area (Å²) in [5, 5.41) is 0. The fourth-order valence-corrected chi connectivity index (χ4v) is 3.07. The van der Waals surface area contributed by atoms with Crippen molar-refractivity contribution >= 4 is 5.78 Å². The van der Waals surface area contributed by atoms with E-state index >= 15 is 0 Å². The van der Waals surface area contributed by atoms with Gasteiger partial charge in [-0.05, 0) is 45.7 Å². The highest BCUT2D eigenvalue weighted by Gasteiger charge is 2.19. The first kappa shape index (κ1) is 16.2. The molecule has 0 unspecified atom stereocenters. The average Bonchev–Trinajstić information content (AvgIpc) is 2.45.